The van der Waals surface area contributed by atoms with Gasteiger partial charge in [0.15, 0.2) is 5.78 Å². The zero-order valence-corrected chi connectivity index (χ0v) is 19.3. The number of ether oxygens (including phenoxy) is 1. The molecule has 0 saturated carbocycles. The van der Waals surface area contributed by atoms with Gasteiger partial charge in [0.2, 0.25) is 0 Å². The minimum atomic E-state index is -0.219. The number of Topliss-reactive ketones (excluding diaryl/α,β-unsaturated/α-hetero) is 1. The molecule has 0 saturated heterocycles. The Morgan fingerprint density at radius 3 is 2.37 bits per heavy atom. The van der Waals surface area contributed by atoms with E-state index >= 15 is 0 Å². The molecule has 176 valence electrons. The van der Waals surface area contributed by atoms with Crippen molar-refractivity contribution in [3.63, 3.8) is 0 Å². The fraction of sp³-hybridized carbons (Fsp3) is 0.107. The van der Waals surface area contributed by atoms with E-state index in [1.54, 1.807) is 36.7 Å². The number of hydrogen-bond acceptors (Lipinski definition) is 6. The highest BCUT2D eigenvalue weighted by molar-refractivity contribution is 6.00. The van der Waals surface area contributed by atoms with E-state index in [0.29, 0.717) is 29.3 Å². The van der Waals surface area contributed by atoms with Crippen molar-refractivity contribution in [1.82, 2.24) is 4.98 Å². The van der Waals surface area contributed by atoms with Gasteiger partial charge in [0.1, 0.15) is 23.9 Å². The Hall–Kier alpha value is -4.65. The number of carbonyl (C=O) groups is 1. The highest BCUT2D eigenvalue weighted by Crippen LogP contribution is 2.40. The molecule has 5 N–H and O–H groups in total. The van der Waals surface area contributed by atoms with Crippen LogP contribution in [0.3, 0.4) is 0 Å². The van der Waals surface area contributed by atoms with Gasteiger partial charge in [-0.25, -0.2) is 0 Å². The summed E-state index contributed by atoms with van der Waals surface area (Å²) in [5.41, 5.74) is 11.2. The van der Waals surface area contributed by atoms with E-state index in [0.717, 1.165) is 28.7 Å². The second kappa shape index (κ2) is 10.5. The van der Waals surface area contributed by atoms with Crippen molar-refractivity contribution >= 4 is 11.6 Å². The third-order valence-electron chi connectivity index (χ3n) is 5.68. The first-order valence-electron chi connectivity index (χ1n) is 11.1. The summed E-state index contributed by atoms with van der Waals surface area (Å²) in [6.45, 7) is 1.72. The van der Waals surface area contributed by atoms with Crippen LogP contribution in [0.5, 0.6) is 11.5 Å². The van der Waals surface area contributed by atoms with E-state index in [2.05, 4.69) is 10.1 Å². The van der Waals surface area contributed by atoms with Crippen LogP contribution in [0.15, 0.2) is 90.3 Å². The third kappa shape index (κ3) is 5.47. The second-order valence-corrected chi connectivity index (χ2v) is 8.12. The molecular weight excluding hydrogens is 440 g/mol. The smallest absolute Gasteiger partial charge is 0.163 e. The van der Waals surface area contributed by atoms with E-state index in [1.807, 2.05) is 48.5 Å². The van der Waals surface area contributed by atoms with Gasteiger partial charge in [-0.05, 0) is 65.9 Å². The van der Waals surface area contributed by atoms with E-state index in [1.165, 1.54) is 6.92 Å². The highest BCUT2D eigenvalue weighted by Gasteiger charge is 2.18. The maximum absolute atomic E-state index is 11.9. The van der Waals surface area contributed by atoms with Gasteiger partial charge < -0.3 is 21.4 Å². The number of aromatic hydroxyl groups is 1. The van der Waals surface area contributed by atoms with Crippen LogP contribution in [0.4, 0.5) is 0 Å². The molecule has 0 aliphatic rings. The molecule has 0 bridgehead atoms. The van der Waals surface area contributed by atoms with Crippen LogP contribution in [0, 0.1) is 0 Å². The van der Waals surface area contributed by atoms with Crippen molar-refractivity contribution < 1.29 is 14.6 Å². The van der Waals surface area contributed by atoms with Crippen LogP contribution in [-0.2, 0) is 13.0 Å². The molecule has 0 aliphatic carbocycles. The molecule has 0 amide bonds. The first-order chi connectivity index (χ1) is 17.0. The largest absolute Gasteiger partial charge is 0.506 e. The van der Waals surface area contributed by atoms with Crippen molar-refractivity contribution in [2.45, 2.75) is 20.0 Å². The third-order valence-corrected chi connectivity index (χ3v) is 5.68. The SMILES string of the molecule is CC(=O)c1ccc(OCc2ccc(Cc3cccc(C(N)=NN)c3)cc2)c(-c2ccncc2)c1O. The summed E-state index contributed by atoms with van der Waals surface area (Å²) in [4.78, 5) is 16.0. The lowest BCUT2D eigenvalue weighted by Crippen LogP contribution is -2.15. The lowest BCUT2D eigenvalue weighted by Gasteiger charge is -2.15. The van der Waals surface area contributed by atoms with Crippen molar-refractivity contribution in [1.29, 1.82) is 0 Å². The van der Waals surface area contributed by atoms with Crippen molar-refractivity contribution in [2.75, 3.05) is 0 Å². The summed E-state index contributed by atoms with van der Waals surface area (Å²) in [5.74, 6) is 5.75. The van der Waals surface area contributed by atoms with Gasteiger partial charge >= 0.3 is 0 Å². The number of hydrazone groups is 1. The normalized spacial score (nSPS) is 11.3. The Kier molecular flexibility index (Phi) is 7.07. The van der Waals surface area contributed by atoms with Crippen LogP contribution < -0.4 is 16.3 Å². The number of nitrogens with two attached hydrogens (primary N) is 2. The van der Waals surface area contributed by atoms with E-state index in [9.17, 15) is 9.90 Å². The number of benzene rings is 3. The molecule has 0 aliphatic heterocycles. The quantitative estimate of drug-likeness (QED) is 0.116. The lowest BCUT2D eigenvalue weighted by molar-refractivity contribution is 0.101. The predicted molar refractivity (Wildman–Crippen MR) is 136 cm³/mol. The Labute approximate surface area is 203 Å². The van der Waals surface area contributed by atoms with E-state index in [-0.39, 0.29) is 17.1 Å². The van der Waals surface area contributed by atoms with E-state index < -0.39 is 0 Å². The number of aromatic nitrogens is 1. The number of hydrogen-bond donors (Lipinski definition) is 3. The maximum Gasteiger partial charge on any atom is 0.163 e. The molecule has 35 heavy (non-hydrogen) atoms. The minimum Gasteiger partial charge on any atom is -0.506 e. The minimum absolute atomic E-state index is 0.0981. The molecule has 0 fully saturated rings. The Morgan fingerprint density at radius 2 is 1.69 bits per heavy atom. The summed E-state index contributed by atoms with van der Waals surface area (Å²) >= 11 is 0. The Bertz CT molecular complexity index is 1370. The first-order valence-corrected chi connectivity index (χ1v) is 11.1. The standard InChI is InChI=1S/C28H26N4O3/c1-18(33)24-9-10-25(26(27(24)34)22-11-13-31-14-12-22)35-17-20-7-5-19(6-8-20)15-21-3-2-4-23(16-21)28(29)32-30/h2-14,16,34H,15,17,30H2,1H3,(H2,29,32). The van der Waals surface area contributed by atoms with Crippen LogP contribution >= 0.6 is 0 Å². The molecule has 7 heteroatoms. The van der Waals surface area contributed by atoms with Gasteiger partial charge in [-0.1, -0.05) is 42.5 Å². The van der Waals surface area contributed by atoms with Gasteiger partial charge in [0.25, 0.3) is 0 Å². The molecular formula is C28H26N4O3. The summed E-state index contributed by atoms with van der Waals surface area (Å²) in [6, 6.07) is 22.7. The average Bonchev–Trinajstić information content (AvgIpc) is 2.88. The molecule has 0 spiro atoms. The van der Waals surface area contributed by atoms with Gasteiger partial charge in [0.05, 0.1) is 11.1 Å². The molecule has 0 atom stereocenters. The molecule has 4 aromatic rings. The highest BCUT2D eigenvalue weighted by atomic mass is 16.5. The number of nitrogens with zero attached hydrogens (tertiary/aromatic N) is 2. The molecule has 1 aromatic heterocycles. The van der Waals surface area contributed by atoms with Crippen LogP contribution in [-0.4, -0.2) is 21.7 Å². The van der Waals surface area contributed by atoms with Gasteiger partial charge in [-0.2, -0.15) is 5.10 Å². The van der Waals surface area contributed by atoms with E-state index in [4.69, 9.17) is 16.3 Å². The van der Waals surface area contributed by atoms with Crippen molar-refractivity contribution in [3.8, 4) is 22.6 Å². The molecule has 1 heterocycles. The second-order valence-electron chi connectivity index (χ2n) is 8.12. The summed E-state index contributed by atoms with van der Waals surface area (Å²) in [6.07, 6.45) is 3.99. The van der Waals surface area contributed by atoms with Crippen LogP contribution in [0.25, 0.3) is 11.1 Å². The maximum atomic E-state index is 11.9. The van der Waals surface area contributed by atoms with Crippen LogP contribution in [0.1, 0.15) is 39.5 Å². The summed E-state index contributed by atoms with van der Waals surface area (Å²) < 4.78 is 6.08. The number of carbonyl (C=O) groups excluding carboxylic acids is 1. The average molecular weight is 467 g/mol. The predicted octanol–water partition coefficient (Wildman–Crippen LogP) is 4.41. The number of pyridine rings is 1. The molecule has 4 rings (SSSR count). The zero-order valence-electron chi connectivity index (χ0n) is 19.3. The van der Waals surface area contributed by atoms with Gasteiger partial charge in [-0.15, -0.1) is 0 Å². The van der Waals surface area contributed by atoms with Gasteiger partial charge in [-0.3, -0.25) is 9.78 Å². The fourth-order valence-electron chi connectivity index (χ4n) is 3.84. The number of rotatable bonds is 8. The Balaban J connectivity index is 1.51. The molecule has 0 unspecified atom stereocenters. The number of ketones is 1. The lowest BCUT2D eigenvalue weighted by atomic mass is 9.99. The number of phenols is 1. The summed E-state index contributed by atoms with van der Waals surface area (Å²) in [7, 11) is 0. The van der Waals surface area contributed by atoms with Crippen LogP contribution in [0.2, 0.25) is 0 Å². The molecule has 7 nitrogen and oxygen atoms in total. The monoisotopic (exact) mass is 466 g/mol. The Morgan fingerprint density at radius 1 is 0.971 bits per heavy atom. The van der Waals surface area contributed by atoms with Crippen molar-refractivity contribution in [2.24, 2.45) is 16.7 Å². The topological polar surface area (TPSA) is 124 Å². The zero-order chi connectivity index (χ0) is 24.8. The van der Waals surface area contributed by atoms with Gasteiger partial charge in [0, 0.05) is 18.0 Å². The fourth-order valence-corrected chi connectivity index (χ4v) is 3.84. The number of phenolic OH excluding ortho intramolecular Hbond substituents is 1. The molecule has 0 radical (unpaired) electrons. The molecule has 3 aromatic carbocycles. The first kappa shape index (κ1) is 23.5. The van der Waals surface area contributed by atoms with Crippen molar-refractivity contribution in [3.05, 3.63) is 113 Å². The number of amidine groups is 1. The summed E-state index contributed by atoms with van der Waals surface area (Å²) in [5, 5.41) is 14.3.